The zero-order valence-electron chi connectivity index (χ0n) is 19.7. The standard InChI is InChI=1S/C28H34FNO3/c1-3-4-5-26(29)28(31)33-25-15-10-21(11-16-25)7-6-20-8-12-22(13-9-20)23-14-17-27(32-2)24(18-23)19-30/h8-9,12-14,17-18,21,25-26H,3-7,10-11,15-16H2,1-2H3/t21-,25-,26-/m0/s1. The van der Waals surface area contributed by atoms with Crippen LogP contribution in [-0.4, -0.2) is 25.4 Å². The third-order valence-electron chi connectivity index (χ3n) is 6.59. The highest BCUT2D eigenvalue weighted by atomic mass is 19.1. The highest BCUT2D eigenvalue weighted by Gasteiger charge is 2.27. The van der Waals surface area contributed by atoms with Gasteiger partial charge in [-0.2, -0.15) is 5.26 Å². The molecule has 0 aliphatic heterocycles. The van der Waals surface area contributed by atoms with E-state index in [2.05, 4.69) is 30.3 Å². The molecule has 1 atom stereocenters. The minimum atomic E-state index is -1.48. The average Bonchev–Trinajstić information content (AvgIpc) is 2.86. The highest BCUT2D eigenvalue weighted by molar-refractivity contribution is 5.74. The van der Waals surface area contributed by atoms with Crippen LogP contribution in [0.1, 0.15) is 69.4 Å². The van der Waals surface area contributed by atoms with E-state index in [1.165, 1.54) is 5.56 Å². The van der Waals surface area contributed by atoms with Gasteiger partial charge in [-0.25, -0.2) is 9.18 Å². The normalized spacial score (nSPS) is 18.8. The summed E-state index contributed by atoms with van der Waals surface area (Å²) in [6, 6.07) is 16.3. The maximum atomic E-state index is 13.8. The molecular formula is C28H34FNO3. The molecular weight excluding hydrogens is 417 g/mol. The fraction of sp³-hybridized carbons (Fsp3) is 0.500. The van der Waals surface area contributed by atoms with Gasteiger partial charge in [-0.05, 0) is 79.7 Å². The lowest BCUT2D eigenvalue weighted by Crippen LogP contribution is -2.29. The number of halogens is 1. The van der Waals surface area contributed by atoms with E-state index in [1.807, 2.05) is 25.1 Å². The van der Waals surface area contributed by atoms with Crippen molar-refractivity contribution in [3.63, 3.8) is 0 Å². The fourth-order valence-electron chi connectivity index (χ4n) is 4.49. The molecule has 4 nitrogen and oxygen atoms in total. The molecule has 0 unspecified atom stereocenters. The van der Waals surface area contributed by atoms with Gasteiger partial charge in [0.1, 0.15) is 17.9 Å². The van der Waals surface area contributed by atoms with Crippen molar-refractivity contribution in [2.24, 2.45) is 5.92 Å². The number of hydrogen-bond acceptors (Lipinski definition) is 4. The molecule has 1 aliphatic rings. The number of nitriles is 1. The quantitative estimate of drug-likeness (QED) is 0.373. The van der Waals surface area contributed by atoms with Gasteiger partial charge in [0.25, 0.3) is 0 Å². The van der Waals surface area contributed by atoms with Crippen LogP contribution in [0.25, 0.3) is 11.1 Å². The molecule has 176 valence electrons. The molecule has 2 aromatic rings. The Morgan fingerprint density at radius 2 is 1.82 bits per heavy atom. The maximum absolute atomic E-state index is 13.8. The minimum Gasteiger partial charge on any atom is -0.495 e. The van der Waals surface area contributed by atoms with Crippen LogP contribution in [-0.2, 0) is 16.0 Å². The van der Waals surface area contributed by atoms with Gasteiger partial charge in [-0.3, -0.25) is 0 Å². The third kappa shape index (κ3) is 7.05. The molecule has 2 aromatic carbocycles. The molecule has 0 heterocycles. The summed E-state index contributed by atoms with van der Waals surface area (Å²) >= 11 is 0. The molecule has 0 radical (unpaired) electrons. The first-order valence-corrected chi connectivity index (χ1v) is 12.1. The Labute approximate surface area is 196 Å². The number of methoxy groups -OCH3 is 1. The van der Waals surface area contributed by atoms with Crippen molar-refractivity contribution in [3.05, 3.63) is 53.6 Å². The lowest BCUT2D eigenvalue weighted by Gasteiger charge is -2.28. The van der Waals surface area contributed by atoms with E-state index in [9.17, 15) is 14.4 Å². The van der Waals surface area contributed by atoms with E-state index in [4.69, 9.17) is 9.47 Å². The van der Waals surface area contributed by atoms with Crippen LogP contribution in [0.2, 0.25) is 0 Å². The summed E-state index contributed by atoms with van der Waals surface area (Å²) < 4.78 is 24.5. The number of unbranched alkanes of at least 4 members (excludes halogenated alkanes) is 1. The number of carbonyl (C=O) groups excluding carboxylic acids is 1. The van der Waals surface area contributed by atoms with Gasteiger partial charge in [0, 0.05) is 0 Å². The number of rotatable bonds is 10. The van der Waals surface area contributed by atoms with Crippen molar-refractivity contribution < 1.29 is 18.7 Å². The molecule has 33 heavy (non-hydrogen) atoms. The van der Waals surface area contributed by atoms with E-state index in [0.717, 1.165) is 56.1 Å². The summed E-state index contributed by atoms with van der Waals surface area (Å²) in [5.41, 5.74) is 3.89. The van der Waals surface area contributed by atoms with Crippen molar-refractivity contribution in [3.8, 4) is 22.9 Å². The number of nitrogens with zero attached hydrogens (tertiary/aromatic N) is 1. The van der Waals surface area contributed by atoms with Crippen LogP contribution in [0.3, 0.4) is 0 Å². The summed E-state index contributed by atoms with van der Waals surface area (Å²) in [7, 11) is 1.57. The number of alkyl halides is 1. The molecule has 1 fully saturated rings. The van der Waals surface area contributed by atoms with Crippen molar-refractivity contribution in [2.75, 3.05) is 7.11 Å². The topological polar surface area (TPSA) is 59.3 Å². The van der Waals surface area contributed by atoms with E-state index < -0.39 is 12.1 Å². The van der Waals surface area contributed by atoms with Crippen molar-refractivity contribution in [1.29, 1.82) is 5.26 Å². The SMILES string of the molecule is CCCC[C@H](F)C(=O)O[C@H]1CC[C@H](CCc2ccc(-c3ccc(OC)c(C#N)c3)cc2)CC1. The lowest BCUT2D eigenvalue weighted by atomic mass is 9.83. The van der Waals surface area contributed by atoms with E-state index in [-0.39, 0.29) is 12.5 Å². The minimum absolute atomic E-state index is 0.129. The first-order chi connectivity index (χ1) is 16.0. The maximum Gasteiger partial charge on any atom is 0.340 e. The Balaban J connectivity index is 1.44. The monoisotopic (exact) mass is 451 g/mol. The molecule has 3 rings (SSSR count). The first kappa shape index (κ1) is 24.8. The van der Waals surface area contributed by atoms with E-state index in [1.54, 1.807) is 7.11 Å². The van der Waals surface area contributed by atoms with Crippen molar-refractivity contribution in [1.82, 2.24) is 0 Å². The predicted molar refractivity (Wildman–Crippen MR) is 128 cm³/mol. The van der Waals surface area contributed by atoms with Crippen LogP contribution in [0.5, 0.6) is 5.75 Å². The average molecular weight is 452 g/mol. The van der Waals surface area contributed by atoms with Gasteiger partial charge in [-0.15, -0.1) is 0 Å². The summed E-state index contributed by atoms with van der Waals surface area (Å²) in [6.45, 7) is 1.99. The number of aryl methyl sites for hydroxylation is 1. The van der Waals surface area contributed by atoms with Crippen molar-refractivity contribution >= 4 is 5.97 Å². The first-order valence-electron chi connectivity index (χ1n) is 12.1. The van der Waals surface area contributed by atoms with Crippen LogP contribution in [0.4, 0.5) is 4.39 Å². The Morgan fingerprint density at radius 1 is 1.12 bits per heavy atom. The molecule has 0 amide bonds. The van der Waals surface area contributed by atoms with Crippen LogP contribution < -0.4 is 4.74 Å². The van der Waals surface area contributed by atoms with E-state index in [0.29, 0.717) is 23.7 Å². The lowest BCUT2D eigenvalue weighted by molar-refractivity contribution is -0.157. The molecule has 0 N–H and O–H groups in total. The van der Waals surface area contributed by atoms with Crippen LogP contribution in [0.15, 0.2) is 42.5 Å². The third-order valence-corrected chi connectivity index (χ3v) is 6.59. The van der Waals surface area contributed by atoms with E-state index >= 15 is 0 Å². The molecule has 1 aliphatic carbocycles. The zero-order chi connectivity index (χ0) is 23.6. The Morgan fingerprint density at radius 3 is 2.45 bits per heavy atom. The number of hydrogen-bond donors (Lipinski definition) is 0. The van der Waals surface area contributed by atoms with Gasteiger partial charge in [0.05, 0.1) is 12.7 Å². The molecule has 5 heteroatoms. The number of benzene rings is 2. The Hall–Kier alpha value is -2.87. The molecule has 1 saturated carbocycles. The van der Waals surface area contributed by atoms with Gasteiger partial charge in [-0.1, -0.05) is 50.1 Å². The van der Waals surface area contributed by atoms with Crippen LogP contribution >= 0.6 is 0 Å². The van der Waals surface area contributed by atoms with Gasteiger partial charge < -0.3 is 9.47 Å². The fourth-order valence-corrected chi connectivity index (χ4v) is 4.49. The van der Waals surface area contributed by atoms with Crippen LogP contribution in [0, 0.1) is 17.2 Å². The Bertz CT molecular complexity index is 943. The second-order valence-electron chi connectivity index (χ2n) is 8.95. The molecule has 0 saturated heterocycles. The summed E-state index contributed by atoms with van der Waals surface area (Å²) in [4.78, 5) is 11.9. The number of esters is 1. The number of ether oxygens (including phenoxy) is 2. The Kier molecular flexibility index (Phi) is 9.30. The second-order valence-corrected chi connectivity index (χ2v) is 8.95. The smallest absolute Gasteiger partial charge is 0.340 e. The summed E-state index contributed by atoms with van der Waals surface area (Å²) in [5.74, 6) is 0.523. The summed E-state index contributed by atoms with van der Waals surface area (Å²) in [5, 5.41) is 9.30. The predicted octanol–water partition coefficient (Wildman–Crippen LogP) is 6.80. The van der Waals surface area contributed by atoms with Gasteiger partial charge in [0.15, 0.2) is 6.17 Å². The van der Waals surface area contributed by atoms with Gasteiger partial charge in [0.2, 0.25) is 0 Å². The van der Waals surface area contributed by atoms with Gasteiger partial charge >= 0.3 is 5.97 Å². The molecule has 0 aromatic heterocycles. The van der Waals surface area contributed by atoms with Crippen molar-refractivity contribution in [2.45, 2.75) is 77.0 Å². The largest absolute Gasteiger partial charge is 0.495 e. The highest BCUT2D eigenvalue weighted by Crippen LogP contribution is 2.31. The summed E-state index contributed by atoms with van der Waals surface area (Å²) in [6.07, 6.45) is 6.05. The zero-order valence-corrected chi connectivity index (χ0v) is 19.7. The second kappa shape index (κ2) is 12.4. The number of carbonyl (C=O) groups is 1. The molecule has 0 bridgehead atoms. The molecule has 0 spiro atoms.